The lowest BCUT2D eigenvalue weighted by atomic mass is 10.1. The SMILES string of the molecule is N#CCC(=O)Nc1cccc(CNC(=O)c2ccccc2S)c1. The molecular formula is C17H15N3O2S. The summed E-state index contributed by atoms with van der Waals surface area (Å²) in [7, 11) is 0. The number of nitriles is 1. The van der Waals surface area contributed by atoms with Crippen molar-refractivity contribution in [2.45, 2.75) is 17.9 Å². The fourth-order valence-corrected chi connectivity index (χ4v) is 2.24. The number of benzene rings is 2. The largest absolute Gasteiger partial charge is 0.348 e. The van der Waals surface area contributed by atoms with Gasteiger partial charge in [-0.3, -0.25) is 9.59 Å². The molecule has 5 nitrogen and oxygen atoms in total. The fraction of sp³-hybridized carbons (Fsp3) is 0.118. The van der Waals surface area contributed by atoms with Crippen molar-refractivity contribution in [3.05, 3.63) is 59.7 Å². The summed E-state index contributed by atoms with van der Waals surface area (Å²) >= 11 is 4.26. The number of hydrogen-bond acceptors (Lipinski definition) is 4. The molecule has 0 heterocycles. The Morgan fingerprint density at radius 3 is 2.65 bits per heavy atom. The van der Waals surface area contributed by atoms with Crippen LogP contribution >= 0.6 is 12.6 Å². The van der Waals surface area contributed by atoms with Crippen molar-refractivity contribution < 1.29 is 9.59 Å². The van der Waals surface area contributed by atoms with Crippen LogP contribution in [0.3, 0.4) is 0 Å². The number of carbonyl (C=O) groups is 2. The summed E-state index contributed by atoms with van der Waals surface area (Å²) in [4.78, 5) is 24.1. The molecule has 2 amide bonds. The van der Waals surface area contributed by atoms with E-state index >= 15 is 0 Å². The Bertz CT molecular complexity index is 768. The van der Waals surface area contributed by atoms with Gasteiger partial charge in [-0.1, -0.05) is 24.3 Å². The zero-order chi connectivity index (χ0) is 16.7. The summed E-state index contributed by atoms with van der Waals surface area (Å²) in [6.07, 6.45) is -0.195. The topological polar surface area (TPSA) is 82.0 Å². The molecule has 23 heavy (non-hydrogen) atoms. The smallest absolute Gasteiger partial charge is 0.252 e. The van der Waals surface area contributed by atoms with Gasteiger partial charge >= 0.3 is 0 Å². The minimum Gasteiger partial charge on any atom is -0.348 e. The second-order valence-electron chi connectivity index (χ2n) is 4.78. The van der Waals surface area contributed by atoms with Gasteiger partial charge in [-0.2, -0.15) is 5.26 Å². The van der Waals surface area contributed by atoms with Crippen LogP contribution in [0.25, 0.3) is 0 Å². The number of thiol groups is 1. The van der Waals surface area contributed by atoms with Gasteiger partial charge in [0.05, 0.1) is 11.6 Å². The van der Waals surface area contributed by atoms with Crippen LogP contribution in [0.15, 0.2) is 53.4 Å². The van der Waals surface area contributed by atoms with Crippen molar-refractivity contribution >= 4 is 30.1 Å². The number of nitrogens with one attached hydrogen (secondary N) is 2. The summed E-state index contributed by atoms with van der Waals surface area (Å²) in [6, 6.07) is 15.9. The van der Waals surface area contributed by atoms with Gasteiger partial charge in [0.2, 0.25) is 5.91 Å². The Labute approximate surface area is 139 Å². The van der Waals surface area contributed by atoms with Gasteiger partial charge in [-0.05, 0) is 29.8 Å². The molecule has 0 unspecified atom stereocenters. The fourth-order valence-electron chi connectivity index (χ4n) is 1.98. The highest BCUT2D eigenvalue weighted by Crippen LogP contribution is 2.14. The lowest BCUT2D eigenvalue weighted by Crippen LogP contribution is -2.23. The highest BCUT2D eigenvalue weighted by atomic mass is 32.1. The van der Waals surface area contributed by atoms with E-state index in [1.54, 1.807) is 42.5 Å². The molecule has 0 bridgehead atoms. The number of carbonyl (C=O) groups excluding carboxylic acids is 2. The molecule has 0 fully saturated rings. The molecule has 6 heteroatoms. The summed E-state index contributed by atoms with van der Waals surface area (Å²) in [5, 5.41) is 13.9. The zero-order valence-electron chi connectivity index (χ0n) is 12.2. The molecule has 0 saturated carbocycles. The standard InChI is InChI=1S/C17H15N3O2S/c18-9-8-16(21)20-13-5-3-4-12(10-13)11-19-17(22)14-6-1-2-7-15(14)23/h1-7,10,23H,8,11H2,(H,19,22)(H,20,21). The van der Waals surface area contributed by atoms with E-state index in [4.69, 9.17) is 5.26 Å². The van der Waals surface area contributed by atoms with E-state index in [0.717, 1.165) is 5.56 Å². The maximum absolute atomic E-state index is 12.1. The van der Waals surface area contributed by atoms with Gasteiger partial charge in [-0.25, -0.2) is 0 Å². The number of anilines is 1. The number of amides is 2. The number of nitrogens with zero attached hydrogens (tertiary/aromatic N) is 1. The van der Waals surface area contributed by atoms with Crippen LogP contribution < -0.4 is 10.6 Å². The van der Waals surface area contributed by atoms with E-state index in [0.29, 0.717) is 22.7 Å². The Morgan fingerprint density at radius 1 is 1.13 bits per heavy atom. The first-order valence-electron chi connectivity index (χ1n) is 6.92. The van der Waals surface area contributed by atoms with E-state index in [2.05, 4.69) is 23.3 Å². The quantitative estimate of drug-likeness (QED) is 0.739. The molecule has 2 aromatic rings. The van der Waals surface area contributed by atoms with E-state index in [-0.39, 0.29) is 18.2 Å². The average molecular weight is 325 g/mol. The number of rotatable bonds is 5. The van der Waals surface area contributed by atoms with Crippen LogP contribution in [0, 0.1) is 11.3 Å². The summed E-state index contributed by atoms with van der Waals surface area (Å²) in [5.74, 6) is -0.577. The average Bonchev–Trinajstić information content (AvgIpc) is 2.53. The molecule has 0 aliphatic rings. The normalized spacial score (nSPS) is 9.74. The minimum absolute atomic E-state index is 0.195. The molecule has 0 spiro atoms. The van der Waals surface area contributed by atoms with Crippen LogP contribution in [0.4, 0.5) is 5.69 Å². The third-order valence-electron chi connectivity index (χ3n) is 3.05. The highest BCUT2D eigenvalue weighted by molar-refractivity contribution is 7.80. The summed E-state index contributed by atoms with van der Waals surface area (Å²) < 4.78 is 0. The Hall–Kier alpha value is -2.78. The van der Waals surface area contributed by atoms with E-state index in [1.165, 1.54) is 0 Å². The van der Waals surface area contributed by atoms with Gasteiger partial charge in [0, 0.05) is 17.1 Å². The molecule has 0 saturated heterocycles. The molecule has 2 rings (SSSR count). The molecule has 2 aromatic carbocycles. The second kappa shape index (κ2) is 8.01. The third kappa shape index (κ3) is 4.87. The third-order valence-corrected chi connectivity index (χ3v) is 3.44. The Morgan fingerprint density at radius 2 is 1.91 bits per heavy atom. The molecule has 2 N–H and O–H groups in total. The van der Waals surface area contributed by atoms with Crippen LogP contribution in [0.1, 0.15) is 22.3 Å². The van der Waals surface area contributed by atoms with Gasteiger partial charge in [0.1, 0.15) is 6.42 Å². The van der Waals surface area contributed by atoms with Gasteiger partial charge in [0.25, 0.3) is 5.91 Å². The van der Waals surface area contributed by atoms with Crippen molar-refractivity contribution in [2.75, 3.05) is 5.32 Å². The summed E-state index contributed by atoms with van der Waals surface area (Å²) in [6.45, 7) is 0.322. The lowest BCUT2D eigenvalue weighted by molar-refractivity contribution is -0.115. The Balaban J connectivity index is 1.98. The monoisotopic (exact) mass is 325 g/mol. The summed E-state index contributed by atoms with van der Waals surface area (Å²) in [5.41, 5.74) is 1.94. The van der Waals surface area contributed by atoms with E-state index in [9.17, 15) is 9.59 Å². The molecule has 0 aliphatic carbocycles. The Kier molecular flexibility index (Phi) is 5.78. The molecule has 0 aliphatic heterocycles. The maximum Gasteiger partial charge on any atom is 0.252 e. The minimum atomic E-state index is -0.363. The van der Waals surface area contributed by atoms with E-state index < -0.39 is 0 Å². The van der Waals surface area contributed by atoms with Crippen molar-refractivity contribution in [3.63, 3.8) is 0 Å². The highest BCUT2D eigenvalue weighted by Gasteiger charge is 2.08. The zero-order valence-corrected chi connectivity index (χ0v) is 13.1. The molecular weight excluding hydrogens is 310 g/mol. The predicted molar refractivity (Wildman–Crippen MR) is 90.2 cm³/mol. The van der Waals surface area contributed by atoms with E-state index in [1.807, 2.05) is 12.1 Å². The van der Waals surface area contributed by atoms with Crippen molar-refractivity contribution in [2.24, 2.45) is 0 Å². The molecule has 0 atom stereocenters. The first-order valence-corrected chi connectivity index (χ1v) is 7.37. The second-order valence-corrected chi connectivity index (χ2v) is 5.27. The van der Waals surface area contributed by atoms with Crippen LogP contribution in [0.5, 0.6) is 0 Å². The molecule has 0 radical (unpaired) electrons. The first kappa shape index (κ1) is 16.6. The van der Waals surface area contributed by atoms with Crippen LogP contribution in [-0.2, 0) is 11.3 Å². The van der Waals surface area contributed by atoms with Gasteiger partial charge in [-0.15, -0.1) is 12.6 Å². The van der Waals surface area contributed by atoms with Crippen LogP contribution in [0.2, 0.25) is 0 Å². The van der Waals surface area contributed by atoms with Crippen molar-refractivity contribution in [1.82, 2.24) is 5.32 Å². The van der Waals surface area contributed by atoms with Crippen molar-refractivity contribution in [3.8, 4) is 6.07 Å². The maximum atomic E-state index is 12.1. The molecule has 0 aromatic heterocycles. The van der Waals surface area contributed by atoms with Gasteiger partial charge < -0.3 is 10.6 Å². The van der Waals surface area contributed by atoms with Gasteiger partial charge in [0.15, 0.2) is 0 Å². The number of hydrogen-bond donors (Lipinski definition) is 3. The predicted octanol–water partition coefficient (Wildman–Crippen LogP) is 2.76. The molecule has 116 valence electrons. The lowest BCUT2D eigenvalue weighted by Gasteiger charge is -2.09. The van der Waals surface area contributed by atoms with Crippen LogP contribution in [-0.4, -0.2) is 11.8 Å². The first-order chi connectivity index (χ1) is 11.1. The van der Waals surface area contributed by atoms with Crippen molar-refractivity contribution in [1.29, 1.82) is 5.26 Å².